The van der Waals surface area contributed by atoms with Crippen LogP contribution in [0, 0.1) is 0 Å². The van der Waals surface area contributed by atoms with E-state index in [-0.39, 0.29) is 0 Å². The molecule has 0 spiro atoms. The quantitative estimate of drug-likeness (QED) is 0.271. The van der Waals surface area contributed by atoms with Crippen molar-refractivity contribution in [2.24, 2.45) is 9.98 Å². The van der Waals surface area contributed by atoms with Gasteiger partial charge in [-0.05, 0) is 95.6 Å². The largest absolute Gasteiger partial charge is 0.270 e. The summed E-state index contributed by atoms with van der Waals surface area (Å²) >= 11 is 0. The number of allylic oxidation sites excluding steroid dienone is 14. The molecule has 218 valence electrons. The van der Waals surface area contributed by atoms with E-state index >= 15 is 0 Å². The Bertz CT molecular complexity index is 1610. The molecule has 2 aromatic carbocycles. The second-order valence-corrected chi connectivity index (χ2v) is 11.3. The topological polar surface area (TPSA) is 24.7 Å². The van der Waals surface area contributed by atoms with Crippen LogP contribution in [0.2, 0.25) is 0 Å². The van der Waals surface area contributed by atoms with E-state index in [4.69, 9.17) is 9.98 Å². The molecule has 0 N–H and O–H groups in total. The van der Waals surface area contributed by atoms with Crippen molar-refractivity contribution in [2.45, 2.75) is 65.7 Å². The molecule has 2 aliphatic carbocycles. The maximum atomic E-state index is 5.09. The van der Waals surface area contributed by atoms with E-state index in [9.17, 15) is 0 Å². The maximum absolute atomic E-state index is 5.09. The van der Waals surface area contributed by atoms with Crippen LogP contribution in [0.5, 0.6) is 0 Å². The van der Waals surface area contributed by atoms with Gasteiger partial charge in [0.05, 0.1) is 0 Å². The highest BCUT2D eigenvalue weighted by Gasteiger charge is 2.13. The number of aliphatic imine (C=N–C) groups is 2. The third-order valence-electron chi connectivity index (χ3n) is 8.19. The maximum Gasteiger partial charge on any atom is 0.127 e. The van der Waals surface area contributed by atoms with Crippen molar-refractivity contribution in [3.63, 3.8) is 0 Å². The molecule has 2 heteroatoms. The molecule has 0 saturated carbocycles. The van der Waals surface area contributed by atoms with E-state index in [2.05, 4.69) is 136 Å². The van der Waals surface area contributed by atoms with Crippen LogP contribution in [0.4, 0.5) is 0 Å². The number of hydrogen-bond donors (Lipinski definition) is 0. The minimum absolute atomic E-state index is 0.732. The smallest absolute Gasteiger partial charge is 0.127 e. The van der Waals surface area contributed by atoms with Crippen LogP contribution in [0.25, 0.3) is 11.6 Å². The van der Waals surface area contributed by atoms with E-state index in [0.717, 1.165) is 63.0 Å². The lowest BCUT2D eigenvalue weighted by atomic mass is 9.94. The molecule has 0 radical (unpaired) electrons. The molecular weight excluding hydrogens is 520 g/mol. The number of hydrogen-bond acceptors (Lipinski definition) is 2. The lowest BCUT2D eigenvalue weighted by Gasteiger charge is -2.11. The molecule has 2 aromatic rings. The number of fused-ring (bicyclic) bond motifs is 1. The summed E-state index contributed by atoms with van der Waals surface area (Å²) in [5.41, 5.74) is 12.9. The van der Waals surface area contributed by atoms with Gasteiger partial charge < -0.3 is 0 Å². The first-order chi connectivity index (χ1) is 21.2. The SMILES string of the molecule is CC/C=C\C1=CCC=CC(C(/C=C\CC2=NCCCC(c3ccc(C4=CC=Cc5ccccc5C4)cc3)=N2)=C/CC)=C1C. The van der Waals surface area contributed by atoms with Crippen LogP contribution in [0.3, 0.4) is 0 Å². The zero-order chi connectivity index (χ0) is 29.9. The van der Waals surface area contributed by atoms with Crippen LogP contribution < -0.4 is 0 Å². The van der Waals surface area contributed by atoms with Crippen LogP contribution >= 0.6 is 0 Å². The standard InChI is InChI=1S/C41H44N2/c1-4-6-15-32-16-9-10-22-39(31(32)3)35(14-5-2)20-12-24-41-42-29-13-23-40(43-41)36-27-25-34(26-28-36)38-21-11-19-33-17-7-8-18-37(33)30-38/h6-8,10-12,14-22,25-28H,4-5,9,13,23-24,29-30H2,1-3H3/b15-6-,20-12-,35-14+. The number of amidine groups is 1. The average Bonchev–Trinajstić information content (AvgIpc) is 3.48. The zero-order valence-corrected chi connectivity index (χ0v) is 26.0. The van der Waals surface area contributed by atoms with Crippen LogP contribution in [-0.4, -0.2) is 18.1 Å². The molecule has 0 atom stereocenters. The van der Waals surface area contributed by atoms with Crippen LogP contribution in [-0.2, 0) is 6.42 Å². The van der Waals surface area contributed by atoms with Gasteiger partial charge in [0, 0.05) is 18.7 Å². The summed E-state index contributed by atoms with van der Waals surface area (Å²) in [6.45, 7) is 7.46. The van der Waals surface area contributed by atoms with E-state index in [1.165, 1.54) is 50.1 Å². The molecule has 3 aliphatic rings. The molecule has 0 unspecified atom stereocenters. The van der Waals surface area contributed by atoms with Gasteiger partial charge in [-0.25, -0.2) is 4.99 Å². The van der Waals surface area contributed by atoms with Gasteiger partial charge in [0.2, 0.25) is 0 Å². The lowest BCUT2D eigenvalue weighted by molar-refractivity contribution is 0.887. The summed E-state index contributed by atoms with van der Waals surface area (Å²) < 4.78 is 0. The average molecular weight is 565 g/mol. The summed E-state index contributed by atoms with van der Waals surface area (Å²) in [5.74, 6) is 0.922. The Morgan fingerprint density at radius 2 is 1.77 bits per heavy atom. The Labute approximate surface area is 258 Å². The van der Waals surface area contributed by atoms with Crippen molar-refractivity contribution in [2.75, 3.05) is 6.54 Å². The Hall–Kier alpha value is -4.30. The first-order valence-corrected chi connectivity index (χ1v) is 15.9. The van der Waals surface area contributed by atoms with Crippen molar-refractivity contribution >= 4 is 23.2 Å². The highest BCUT2D eigenvalue weighted by atomic mass is 14.9. The first kappa shape index (κ1) is 30.2. The Balaban J connectivity index is 1.31. The molecule has 0 aromatic heterocycles. The van der Waals surface area contributed by atoms with Gasteiger partial charge in [-0.15, -0.1) is 0 Å². The van der Waals surface area contributed by atoms with E-state index in [1.54, 1.807) is 0 Å². The summed E-state index contributed by atoms with van der Waals surface area (Å²) in [6, 6.07) is 17.6. The second kappa shape index (κ2) is 15.3. The third kappa shape index (κ3) is 7.96. The summed E-state index contributed by atoms with van der Waals surface area (Å²) in [4.78, 5) is 9.94. The molecule has 0 saturated heterocycles. The molecular formula is C41H44N2. The Kier molecular flexibility index (Phi) is 10.7. The minimum atomic E-state index is 0.732. The number of benzene rings is 2. The van der Waals surface area contributed by atoms with Crippen LogP contribution in [0.1, 0.15) is 81.5 Å². The Morgan fingerprint density at radius 3 is 2.60 bits per heavy atom. The van der Waals surface area contributed by atoms with Gasteiger partial charge in [-0.3, -0.25) is 4.99 Å². The predicted molar refractivity (Wildman–Crippen MR) is 188 cm³/mol. The van der Waals surface area contributed by atoms with Crippen LogP contribution in [0.15, 0.2) is 142 Å². The van der Waals surface area contributed by atoms with E-state index in [0.29, 0.717) is 0 Å². The van der Waals surface area contributed by atoms with Crippen molar-refractivity contribution in [3.8, 4) is 0 Å². The van der Waals surface area contributed by atoms with Gasteiger partial charge in [0.15, 0.2) is 0 Å². The first-order valence-electron chi connectivity index (χ1n) is 15.9. The highest BCUT2D eigenvalue weighted by molar-refractivity contribution is 6.08. The summed E-state index contributed by atoms with van der Waals surface area (Å²) in [7, 11) is 0. The zero-order valence-electron chi connectivity index (χ0n) is 26.0. The van der Waals surface area contributed by atoms with Gasteiger partial charge in [-0.1, -0.05) is 129 Å². The molecule has 5 rings (SSSR count). The Morgan fingerprint density at radius 1 is 0.930 bits per heavy atom. The van der Waals surface area contributed by atoms with Crippen molar-refractivity contribution in [3.05, 3.63) is 154 Å². The lowest BCUT2D eigenvalue weighted by Crippen LogP contribution is -2.04. The molecule has 1 aliphatic heterocycles. The van der Waals surface area contributed by atoms with E-state index < -0.39 is 0 Å². The third-order valence-corrected chi connectivity index (χ3v) is 8.19. The fraction of sp³-hybridized carbons (Fsp3) is 0.268. The predicted octanol–water partition coefficient (Wildman–Crippen LogP) is 10.8. The van der Waals surface area contributed by atoms with Gasteiger partial charge in [0.25, 0.3) is 0 Å². The molecule has 43 heavy (non-hydrogen) atoms. The van der Waals surface area contributed by atoms with E-state index in [1.807, 2.05) is 0 Å². The van der Waals surface area contributed by atoms with Crippen molar-refractivity contribution < 1.29 is 0 Å². The van der Waals surface area contributed by atoms with Gasteiger partial charge in [0.1, 0.15) is 5.84 Å². The highest BCUT2D eigenvalue weighted by Crippen LogP contribution is 2.29. The minimum Gasteiger partial charge on any atom is -0.270 e. The fourth-order valence-corrected chi connectivity index (χ4v) is 5.83. The number of rotatable bonds is 9. The summed E-state index contributed by atoms with van der Waals surface area (Å²) in [6.07, 6.45) is 31.5. The van der Waals surface area contributed by atoms with Crippen molar-refractivity contribution in [1.29, 1.82) is 0 Å². The monoisotopic (exact) mass is 564 g/mol. The van der Waals surface area contributed by atoms with Gasteiger partial charge >= 0.3 is 0 Å². The molecule has 1 heterocycles. The summed E-state index contributed by atoms with van der Waals surface area (Å²) in [5, 5.41) is 0. The molecule has 0 bridgehead atoms. The van der Waals surface area contributed by atoms with Crippen molar-refractivity contribution in [1.82, 2.24) is 0 Å². The second-order valence-electron chi connectivity index (χ2n) is 11.3. The normalized spacial score (nSPS) is 17.7. The fourth-order valence-electron chi connectivity index (χ4n) is 5.83. The van der Waals surface area contributed by atoms with Gasteiger partial charge in [-0.2, -0.15) is 0 Å². The molecule has 0 fully saturated rings. The molecule has 0 amide bonds. The molecule has 2 nitrogen and oxygen atoms in total. The number of nitrogens with zero attached hydrogens (tertiary/aromatic N) is 2.